The molecule has 4 aromatic rings. The molecule has 30 heavy (non-hydrogen) atoms. The number of hydrogen-bond donors (Lipinski definition) is 0. The van der Waals surface area contributed by atoms with Gasteiger partial charge in [-0.1, -0.05) is 41.9 Å². The molecule has 0 radical (unpaired) electrons. The Bertz CT molecular complexity index is 1190. The lowest BCUT2D eigenvalue weighted by atomic mass is 9.97. The van der Waals surface area contributed by atoms with Crippen molar-refractivity contribution in [2.45, 2.75) is 18.8 Å². The fraction of sp³-hybridized carbons (Fsp3) is 0.217. The standard InChI is InChI=1S/C23H19ClN4OS/c24-18-6-7-20-19(12-18)27-22(30-20)16-8-10-28(11-9-16)23(29)17-13-25-21(26-14-17)15-4-2-1-3-5-15/h1-7,12-14,16H,8-11H2. The summed E-state index contributed by atoms with van der Waals surface area (Å²) >= 11 is 7.81. The highest BCUT2D eigenvalue weighted by molar-refractivity contribution is 7.18. The van der Waals surface area contributed by atoms with E-state index in [0.717, 1.165) is 33.6 Å². The molecule has 1 saturated heterocycles. The van der Waals surface area contributed by atoms with E-state index in [1.807, 2.05) is 53.4 Å². The summed E-state index contributed by atoms with van der Waals surface area (Å²) in [4.78, 5) is 28.3. The first-order valence-electron chi connectivity index (χ1n) is 9.90. The molecule has 3 heterocycles. The molecule has 1 amide bonds. The van der Waals surface area contributed by atoms with E-state index in [2.05, 4.69) is 9.97 Å². The number of hydrogen-bond acceptors (Lipinski definition) is 5. The van der Waals surface area contributed by atoms with E-state index in [1.165, 1.54) is 0 Å². The molecule has 5 nitrogen and oxygen atoms in total. The predicted molar refractivity (Wildman–Crippen MR) is 120 cm³/mol. The molecule has 0 saturated carbocycles. The maximum absolute atomic E-state index is 12.9. The van der Waals surface area contributed by atoms with Gasteiger partial charge in [0.15, 0.2) is 5.82 Å². The number of carbonyl (C=O) groups is 1. The van der Waals surface area contributed by atoms with Crippen LogP contribution < -0.4 is 0 Å². The van der Waals surface area contributed by atoms with Crippen molar-refractivity contribution in [3.63, 3.8) is 0 Å². The van der Waals surface area contributed by atoms with Gasteiger partial charge in [0.05, 0.1) is 20.8 Å². The Hall–Kier alpha value is -2.83. The van der Waals surface area contributed by atoms with Gasteiger partial charge in [0, 0.05) is 42.0 Å². The molecule has 5 rings (SSSR count). The van der Waals surface area contributed by atoms with Crippen LogP contribution in [-0.2, 0) is 0 Å². The number of carbonyl (C=O) groups excluding carboxylic acids is 1. The zero-order chi connectivity index (χ0) is 20.5. The van der Waals surface area contributed by atoms with E-state index in [1.54, 1.807) is 23.7 Å². The number of fused-ring (bicyclic) bond motifs is 1. The molecule has 0 aliphatic carbocycles. The second kappa shape index (κ2) is 8.13. The lowest BCUT2D eigenvalue weighted by molar-refractivity contribution is 0.0712. The molecular formula is C23H19ClN4OS. The summed E-state index contributed by atoms with van der Waals surface area (Å²) < 4.78 is 1.16. The van der Waals surface area contributed by atoms with E-state index in [-0.39, 0.29) is 5.91 Å². The van der Waals surface area contributed by atoms with E-state index in [0.29, 0.717) is 35.4 Å². The molecule has 2 aromatic carbocycles. The van der Waals surface area contributed by atoms with Crippen molar-refractivity contribution >= 4 is 39.1 Å². The number of thiazole rings is 1. The Morgan fingerprint density at radius 2 is 1.77 bits per heavy atom. The Balaban J connectivity index is 1.25. The SMILES string of the molecule is O=C(c1cnc(-c2ccccc2)nc1)N1CCC(c2nc3cc(Cl)ccc3s2)CC1. The largest absolute Gasteiger partial charge is 0.339 e. The average molecular weight is 435 g/mol. The van der Waals surface area contributed by atoms with Crippen LogP contribution in [0.2, 0.25) is 5.02 Å². The number of aromatic nitrogens is 3. The van der Waals surface area contributed by atoms with Crippen LogP contribution in [0.3, 0.4) is 0 Å². The van der Waals surface area contributed by atoms with Crippen LogP contribution >= 0.6 is 22.9 Å². The van der Waals surface area contributed by atoms with Crippen LogP contribution in [0.5, 0.6) is 0 Å². The van der Waals surface area contributed by atoms with E-state index in [4.69, 9.17) is 16.6 Å². The van der Waals surface area contributed by atoms with Crippen LogP contribution in [-0.4, -0.2) is 38.8 Å². The summed E-state index contributed by atoms with van der Waals surface area (Å²) in [5, 5.41) is 1.84. The number of benzene rings is 2. The van der Waals surface area contributed by atoms with Crippen LogP contribution in [0.15, 0.2) is 60.9 Å². The zero-order valence-corrected chi connectivity index (χ0v) is 17.7. The number of amides is 1. The van der Waals surface area contributed by atoms with Crippen LogP contribution in [0.25, 0.3) is 21.6 Å². The minimum atomic E-state index is -0.0101. The average Bonchev–Trinajstić information content (AvgIpc) is 3.23. The Labute approximate surface area is 183 Å². The topological polar surface area (TPSA) is 59.0 Å². The molecular weight excluding hydrogens is 416 g/mol. The highest BCUT2D eigenvalue weighted by Gasteiger charge is 2.27. The summed E-state index contributed by atoms with van der Waals surface area (Å²) in [7, 11) is 0. The third-order valence-electron chi connectivity index (χ3n) is 5.43. The van der Waals surface area contributed by atoms with Gasteiger partial charge in [0.25, 0.3) is 5.91 Å². The van der Waals surface area contributed by atoms with Gasteiger partial charge >= 0.3 is 0 Å². The second-order valence-corrected chi connectivity index (χ2v) is 8.89. The van der Waals surface area contributed by atoms with E-state index in [9.17, 15) is 4.79 Å². The van der Waals surface area contributed by atoms with Crippen molar-refractivity contribution in [2.75, 3.05) is 13.1 Å². The van der Waals surface area contributed by atoms with Crippen molar-refractivity contribution < 1.29 is 4.79 Å². The summed E-state index contributed by atoms with van der Waals surface area (Å²) in [6, 6.07) is 15.6. The van der Waals surface area contributed by atoms with Crippen molar-refractivity contribution in [2.24, 2.45) is 0 Å². The second-order valence-electron chi connectivity index (χ2n) is 7.39. The maximum atomic E-state index is 12.9. The van der Waals surface area contributed by atoms with Crippen LogP contribution in [0, 0.1) is 0 Å². The summed E-state index contributed by atoms with van der Waals surface area (Å²) in [5.41, 5.74) is 2.42. The number of piperidine rings is 1. The fourth-order valence-electron chi connectivity index (χ4n) is 3.78. The summed E-state index contributed by atoms with van der Waals surface area (Å²) in [5.74, 6) is 0.993. The van der Waals surface area contributed by atoms with Crippen molar-refractivity contribution in [3.05, 3.63) is 76.5 Å². The number of nitrogens with zero attached hydrogens (tertiary/aromatic N) is 4. The molecule has 0 bridgehead atoms. The maximum Gasteiger partial charge on any atom is 0.256 e. The highest BCUT2D eigenvalue weighted by atomic mass is 35.5. The minimum absolute atomic E-state index is 0.0101. The van der Waals surface area contributed by atoms with Gasteiger partial charge in [-0.3, -0.25) is 4.79 Å². The lowest BCUT2D eigenvalue weighted by Crippen LogP contribution is -2.38. The Morgan fingerprint density at radius 3 is 2.50 bits per heavy atom. The van der Waals surface area contributed by atoms with Crippen molar-refractivity contribution in [1.82, 2.24) is 19.9 Å². The summed E-state index contributed by atoms with van der Waals surface area (Å²) in [6.45, 7) is 1.42. The molecule has 0 N–H and O–H groups in total. The zero-order valence-electron chi connectivity index (χ0n) is 16.2. The molecule has 0 unspecified atom stereocenters. The number of likely N-dealkylation sites (tertiary alicyclic amines) is 1. The fourth-order valence-corrected chi connectivity index (χ4v) is 5.06. The van der Waals surface area contributed by atoms with E-state index >= 15 is 0 Å². The predicted octanol–water partition coefficient (Wildman–Crippen LogP) is 5.43. The van der Waals surface area contributed by atoms with Crippen LogP contribution in [0.1, 0.15) is 34.1 Å². The molecule has 1 aliphatic heterocycles. The third-order valence-corrected chi connectivity index (χ3v) is 6.86. The van der Waals surface area contributed by atoms with Gasteiger partial charge in [-0.05, 0) is 31.0 Å². The number of rotatable bonds is 3. The molecule has 7 heteroatoms. The van der Waals surface area contributed by atoms with Gasteiger partial charge in [-0.25, -0.2) is 15.0 Å². The molecule has 1 aliphatic rings. The summed E-state index contributed by atoms with van der Waals surface area (Å²) in [6.07, 6.45) is 5.06. The normalized spacial score (nSPS) is 14.9. The van der Waals surface area contributed by atoms with Gasteiger partial charge in [-0.15, -0.1) is 11.3 Å². The van der Waals surface area contributed by atoms with Crippen molar-refractivity contribution in [3.8, 4) is 11.4 Å². The van der Waals surface area contributed by atoms with Crippen molar-refractivity contribution in [1.29, 1.82) is 0 Å². The molecule has 1 fully saturated rings. The first kappa shape index (κ1) is 19.2. The quantitative estimate of drug-likeness (QED) is 0.431. The number of halogens is 1. The molecule has 150 valence electrons. The highest BCUT2D eigenvalue weighted by Crippen LogP contribution is 2.35. The first-order chi connectivity index (χ1) is 14.7. The lowest BCUT2D eigenvalue weighted by Gasteiger charge is -2.31. The van der Waals surface area contributed by atoms with Gasteiger partial charge in [0.1, 0.15) is 0 Å². The van der Waals surface area contributed by atoms with Gasteiger partial charge in [0.2, 0.25) is 0 Å². The Kier molecular flexibility index (Phi) is 5.19. The minimum Gasteiger partial charge on any atom is -0.339 e. The third kappa shape index (κ3) is 3.80. The molecule has 0 spiro atoms. The monoisotopic (exact) mass is 434 g/mol. The van der Waals surface area contributed by atoms with Crippen LogP contribution in [0.4, 0.5) is 0 Å². The van der Waals surface area contributed by atoms with Gasteiger partial charge in [-0.2, -0.15) is 0 Å². The van der Waals surface area contributed by atoms with Gasteiger partial charge < -0.3 is 4.90 Å². The smallest absolute Gasteiger partial charge is 0.256 e. The first-order valence-corrected chi connectivity index (χ1v) is 11.1. The van der Waals surface area contributed by atoms with E-state index < -0.39 is 0 Å². The Morgan fingerprint density at radius 1 is 1.03 bits per heavy atom. The molecule has 2 aromatic heterocycles. The molecule has 0 atom stereocenters.